The number of hydroxylamine groups is 2. The van der Waals surface area contributed by atoms with Gasteiger partial charge in [0.05, 0.1) is 18.8 Å². The smallest absolute Gasteiger partial charge is 0.307 e. The average molecular weight is 431 g/mol. The van der Waals surface area contributed by atoms with Crippen molar-refractivity contribution >= 4 is 17.4 Å². The first-order valence-corrected chi connectivity index (χ1v) is 10.6. The number of benzene rings is 1. The molecule has 0 aromatic heterocycles. The predicted octanol–water partition coefficient (Wildman–Crippen LogP) is 3.09. The fourth-order valence-electron chi connectivity index (χ4n) is 4.70. The number of amides is 1. The summed E-state index contributed by atoms with van der Waals surface area (Å²) in [5.74, 6) is -1.16. The van der Waals surface area contributed by atoms with E-state index in [1.165, 1.54) is 19.1 Å². The molecule has 0 N–H and O–H groups in total. The number of rotatable bonds is 5. The van der Waals surface area contributed by atoms with Gasteiger partial charge in [0.2, 0.25) is 0 Å². The lowest BCUT2D eigenvalue weighted by atomic mass is 9.77. The van der Waals surface area contributed by atoms with Crippen molar-refractivity contribution in [3.8, 4) is 0 Å². The van der Waals surface area contributed by atoms with E-state index in [1.807, 2.05) is 31.2 Å². The number of aryl methyl sites for hydroxylation is 1. The van der Waals surface area contributed by atoms with E-state index in [0.29, 0.717) is 55.8 Å². The predicted molar refractivity (Wildman–Crippen MR) is 110 cm³/mol. The molecule has 0 bridgehead atoms. The zero-order chi connectivity index (χ0) is 22.2. The van der Waals surface area contributed by atoms with E-state index in [4.69, 9.17) is 23.8 Å². The first kappa shape index (κ1) is 22.0. The molecule has 1 unspecified atom stereocenters. The lowest BCUT2D eigenvalue weighted by molar-refractivity contribution is -0.294. The van der Waals surface area contributed by atoms with Crippen LogP contribution < -0.4 is 0 Å². The number of hydrogen-bond donors (Lipinski definition) is 0. The average Bonchev–Trinajstić information content (AvgIpc) is 3.28. The van der Waals surface area contributed by atoms with E-state index in [9.17, 15) is 9.59 Å². The monoisotopic (exact) mass is 431 g/mol. The molecule has 31 heavy (non-hydrogen) atoms. The Balaban J connectivity index is 1.83. The van der Waals surface area contributed by atoms with Gasteiger partial charge < -0.3 is 18.9 Å². The molecule has 2 spiro atoms. The van der Waals surface area contributed by atoms with Crippen LogP contribution >= 0.6 is 0 Å². The second kappa shape index (κ2) is 8.35. The molecule has 2 heterocycles. The highest BCUT2D eigenvalue weighted by Crippen LogP contribution is 2.53. The van der Waals surface area contributed by atoms with Crippen LogP contribution in [-0.4, -0.2) is 54.9 Å². The summed E-state index contributed by atoms with van der Waals surface area (Å²) in [5, 5.41) is 1.35. The maximum Gasteiger partial charge on any atom is 0.307 e. The molecule has 1 aromatic carbocycles. The fraction of sp³-hybridized carbons (Fsp3) is 0.565. The fourth-order valence-corrected chi connectivity index (χ4v) is 4.70. The van der Waals surface area contributed by atoms with Crippen molar-refractivity contribution in [1.82, 2.24) is 5.06 Å². The number of hydrogen-bond acceptors (Lipinski definition) is 7. The van der Waals surface area contributed by atoms with Crippen molar-refractivity contribution in [2.45, 2.75) is 64.1 Å². The third kappa shape index (κ3) is 3.78. The molecule has 2 aliphatic heterocycles. The van der Waals surface area contributed by atoms with Gasteiger partial charge in [-0.1, -0.05) is 24.3 Å². The van der Waals surface area contributed by atoms with E-state index in [1.54, 1.807) is 6.92 Å². The molecule has 1 saturated heterocycles. The van der Waals surface area contributed by atoms with Crippen LogP contribution in [0.3, 0.4) is 0 Å². The van der Waals surface area contributed by atoms with Gasteiger partial charge in [-0.2, -0.15) is 0 Å². The molecule has 1 atom stereocenters. The summed E-state index contributed by atoms with van der Waals surface area (Å²) in [5.41, 5.74) is 1.02. The molecule has 3 aliphatic rings. The van der Waals surface area contributed by atoms with Gasteiger partial charge in [0.1, 0.15) is 11.3 Å². The Kier molecular flexibility index (Phi) is 5.91. The summed E-state index contributed by atoms with van der Waals surface area (Å²) >= 11 is 0. The van der Waals surface area contributed by atoms with Crippen LogP contribution in [0.25, 0.3) is 5.57 Å². The van der Waals surface area contributed by atoms with Gasteiger partial charge in [-0.3, -0.25) is 9.59 Å². The number of carbonyl (C=O) groups is 2. The lowest BCUT2D eigenvalue weighted by Gasteiger charge is -2.46. The Morgan fingerprint density at radius 3 is 2.35 bits per heavy atom. The standard InChI is InChI=1S/C23H29NO7/c1-15-7-5-6-8-18(15)19-20(30-16(2)25)22(24(21(19)26)31-17(3)27-4)9-11-23(12-10-22)28-13-14-29-23/h5-8,17H,9-14H2,1-4H3. The topological polar surface area (TPSA) is 83.5 Å². The Labute approximate surface area is 182 Å². The van der Waals surface area contributed by atoms with Crippen molar-refractivity contribution in [3.05, 3.63) is 41.2 Å². The first-order valence-electron chi connectivity index (χ1n) is 10.6. The summed E-state index contributed by atoms with van der Waals surface area (Å²) in [6, 6.07) is 7.54. The van der Waals surface area contributed by atoms with Gasteiger partial charge >= 0.3 is 5.97 Å². The maximum absolute atomic E-state index is 13.7. The molecule has 2 fully saturated rings. The molecule has 1 saturated carbocycles. The summed E-state index contributed by atoms with van der Waals surface area (Å²) in [6.45, 7) is 6.08. The summed E-state index contributed by atoms with van der Waals surface area (Å²) in [6.07, 6.45) is 1.37. The number of nitrogens with zero attached hydrogens (tertiary/aromatic N) is 1. The van der Waals surface area contributed by atoms with Gasteiger partial charge in [0.25, 0.3) is 5.91 Å². The van der Waals surface area contributed by atoms with Crippen molar-refractivity contribution in [1.29, 1.82) is 0 Å². The lowest BCUT2D eigenvalue weighted by Crippen LogP contribution is -2.55. The molecule has 8 heteroatoms. The normalized spacial score (nSPS) is 23.1. The maximum atomic E-state index is 13.7. The molecule has 8 nitrogen and oxygen atoms in total. The molecule has 168 valence electrons. The van der Waals surface area contributed by atoms with Crippen LogP contribution in [0, 0.1) is 6.92 Å². The molecular formula is C23H29NO7. The second-order valence-electron chi connectivity index (χ2n) is 8.26. The van der Waals surface area contributed by atoms with Crippen LogP contribution in [0.15, 0.2) is 30.0 Å². The molecule has 1 amide bonds. The van der Waals surface area contributed by atoms with Crippen molar-refractivity contribution in [2.75, 3.05) is 20.3 Å². The minimum absolute atomic E-state index is 0.329. The minimum Gasteiger partial charge on any atom is -0.428 e. The Bertz CT molecular complexity index is 893. The van der Waals surface area contributed by atoms with E-state index in [2.05, 4.69) is 0 Å². The zero-order valence-corrected chi connectivity index (χ0v) is 18.4. The van der Waals surface area contributed by atoms with Crippen LogP contribution in [0.1, 0.15) is 50.7 Å². The minimum atomic E-state index is -0.951. The number of methoxy groups -OCH3 is 1. The SMILES string of the molecule is COC(C)ON1C(=O)C(c2ccccc2C)=C(OC(C)=O)C12CCC1(CC2)OCCO1. The van der Waals surface area contributed by atoms with E-state index in [0.717, 1.165) is 5.56 Å². The Hall–Kier alpha value is -2.26. The molecular weight excluding hydrogens is 402 g/mol. The Morgan fingerprint density at radius 2 is 1.77 bits per heavy atom. The number of esters is 1. The third-order valence-electron chi connectivity index (χ3n) is 6.34. The summed E-state index contributed by atoms with van der Waals surface area (Å²) < 4.78 is 22.8. The molecule has 0 radical (unpaired) electrons. The van der Waals surface area contributed by atoms with E-state index in [-0.39, 0.29) is 5.91 Å². The highest BCUT2D eigenvalue weighted by atomic mass is 16.8. The van der Waals surface area contributed by atoms with Gasteiger partial charge in [0.15, 0.2) is 12.1 Å². The van der Waals surface area contributed by atoms with Crippen molar-refractivity contribution in [3.63, 3.8) is 0 Å². The van der Waals surface area contributed by atoms with E-state index >= 15 is 0 Å². The number of ether oxygens (including phenoxy) is 4. The van der Waals surface area contributed by atoms with Gasteiger partial charge in [0, 0.05) is 26.9 Å². The third-order valence-corrected chi connectivity index (χ3v) is 6.34. The molecule has 1 aromatic rings. The zero-order valence-electron chi connectivity index (χ0n) is 18.4. The van der Waals surface area contributed by atoms with Crippen molar-refractivity contribution in [2.24, 2.45) is 0 Å². The summed E-state index contributed by atoms with van der Waals surface area (Å²) in [4.78, 5) is 31.8. The Morgan fingerprint density at radius 1 is 1.13 bits per heavy atom. The quantitative estimate of drug-likeness (QED) is 0.523. The van der Waals surface area contributed by atoms with Crippen LogP contribution in [0.4, 0.5) is 0 Å². The highest BCUT2D eigenvalue weighted by Gasteiger charge is 2.60. The van der Waals surface area contributed by atoms with Crippen LogP contribution in [0.2, 0.25) is 0 Å². The second-order valence-corrected chi connectivity index (χ2v) is 8.26. The van der Waals surface area contributed by atoms with Gasteiger partial charge in [-0.05, 0) is 37.8 Å². The van der Waals surface area contributed by atoms with Gasteiger partial charge in [-0.25, -0.2) is 9.90 Å². The van der Waals surface area contributed by atoms with E-state index < -0.39 is 23.6 Å². The highest BCUT2D eigenvalue weighted by molar-refractivity contribution is 6.23. The molecule has 1 aliphatic carbocycles. The van der Waals surface area contributed by atoms with Crippen LogP contribution in [-0.2, 0) is 33.4 Å². The molecule has 4 rings (SSSR count). The van der Waals surface area contributed by atoms with Crippen molar-refractivity contribution < 1.29 is 33.4 Å². The number of carbonyl (C=O) groups excluding carboxylic acids is 2. The largest absolute Gasteiger partial charge is 0.428 e. The van der Waals surface area contributed by atoms with Gasteiger partial charge in [-0.15, -0.1) is 0 Å². The van der Waals surface area contributed by atoms with Crippen LogP contribution in [0.5, 0.6) is 0 Å². The summed E-state index contributed by atoms with van der Waals surface area (Å²) in [7, 11) is 1.51. The first-order chi connectivity index (χ1) is 14.8.